The van der Waals surface area contributed by atoms with Crippen molar-refractivity contribution in [1.29, 1.82) is 0 Å². The highest BCUT2D eigenvalue weighted by molar-refractivity contribution is 5.78. The third kappa shape index (κ3) is 3.31. The van der Waals surface area contributed by atoms with Gasteiger partial charge in [0.15, 0.2) is 0 Å². The molecule has 3 aromatic rings. The summed E-state index contributed by atoms with van der Waals surface area (Å²) in [7, 11) is 0. The van der Waals surface area contributed by atoms with E-state index in [9.17, 15) is 0 Å². The van der Waals surface area contributed by atoms with E-state index in [1.165, 1.54) is 10.9 Å². The van der Waals surface area contributed by atoms with Crippen LogP contribution in [0.3, 0.4) is 0 Å². The molecule has 2 N–H and O–H groups in total. The summed E-state index contributed by atoms with van der Waals surface area (Å²) in [4.78, 5) is 4.71. The molecule has 0 aliphatic heterocycles. The highest BCUT2D eigenvalue weighted by atomic mass is 15.0. The summed E-state index contributed by atoms with van der Waals surface area (Å²) in [6.07, 6.45) is 6.23. The fraction of sp³-hybridized carbons (Fsp3) is 0.278. The fourth-order valence-electron chi connectivity index (χ4n) is 2.54. The number of nitrogens with two attached hydrogens (primary N) is 1. The molecule has 0 amide bonds. The van der Waals surface area contributed by atoms with Crippen LogP contribution in [0.5, 0.6) is 0 Å². The van der Waals surface area contributed by atoms with Crippen molar-refractivity contribution in [2.75, 3.05) is 0 Å². The molecule has 0 aliphatic carbocycles. The minimum absolute atomic E-state index is 0.250. The van der Waals surface area contributed by atoms with E-state index < -0.39 is 0 Å². The lowest BCUT2D eigenvalue weighted by Gasteiger charge is -2.06. The molecule has 21 heavy (non-hydrogen) atoms. The van der Waals surface area contributed by atoms with Crippen LogP contribution in [-0.2, 0) is 13.0 Å². The Morgan fingerprint density at radius 3 is 2.86 bits per heavy atom. The van der Waals surface area contributed by atoms with Crippen molar-refractivity contribution in [2.24, 2.45) is 5.73 Å². The molecule has 3 rings (SSSR count). The monoisotopic (exact) mass is 279 g/mol. The van der Waals surface area contributed by atoms with E-state index in [0.717, 1.165) is 30.6 Å². The number of nitrogens with zero attached hydrogens (tertiary/aromatic N) is 2. The van der Waals surface area contributed by atoms with E-state index >= 15 is 0 Å². The second-order valence-corrected chi connectivity index (χ2v) is 5.56. The summed E-state index contributed by atoms with van der Waals surface area (Å²) in [5.74, 6) is 0. The van der Waals surface area contributed by atoms with Gasteiger partial charge in [-0.3, -0.25) is 4.98 Å². The molecular formula is C18H21N3. The van der Waals surface area contributed by atoms with Gasteiger partial charge in [0.05, 0.1) is 17.8 Å². The number of fused-ring (bicyclic) bond motifs is 1. The van der Waals surface area contributed by atoms with Crippen molar-refractivity contribution < 1.29 is 0 Å². The van der Waals surface area contributed by atoms with E-state index in [1.54, 1.807) is 0 Å². The lowest BCUT2D eigenvalue weighted by atomic mass is 10.1. The Balaban J connectivity index is 1.75. The van der Waals surface area contributed by atoms with Crippen molar-refractivity contribution in [3.8, 4) is 0 Å². The van der Waals surface area contributed by atoms with Gasteiger partial charge in [0.1, 0.15) is 0 Å². The molecule has 2 heterocycles. The molecule has 3 nitrogen and oxygen atoms in total. The van der Waals surface area contributed by atoms with Gasteiger partial charge < -0.3 is 10.3 Å². The second-order valence-electron chi connectivity index (χ2n) is 5.56. The predicted octanol–water partition coefficient (Wildman–Crippen LogP) is 3.36. The topological polar surface area (TPSA) is 43.8 Å². The number of aromatic nitrogens is 2. The van der Waals surface area contributed by atoms with Crippen LogP contribution >= 0.6 is 0 Å². The molecule has 1 atom stereocenters. The van der Waals surface area contributed by atoms with Crippen molar-refractivity contribution in [3.63, 3.8) is 0 Å². The highest BCUT2D eigenvalue weighted by Gasteiger charge is 2.04. The molecule has 0 bridgehead atoms. The van der Waals surface area contributed by atoms with Crippen LogP contribution in [0.2, 0.25) is 0 Å². The Kier molecular flexibility index (Phi) is 4.02. The third-order valence-corrected chi connectivity index (χ3v) is 3.83. The first-order chi connectivity index (χ1) is 10.2. The predicted molar refractivity (Wildman–Crippen MR) is 87.2 cm³/mol. The maximum Gasteiger partial charge on any atom is 0.0706 e. The zero-order chi connectivity index (χ0) is 14.7. The van der Waals surface area contributed by atoms with Crippen LogP contribution in [0, 0.1) is 0 Å². The van der Waals surface area contributed by atoms with Gasteiger partial charge in [-0.05, 0) is 36.6 Å². The van der Waals surface area contributed by atoms with Crippen molar-refractivity contribution in [1.82, 2.24) is 9.55 Å². The minimum Gasteiger partial charge on any atom is -0.348 e. The van der Waals surface area contributed by atoms with Gasteiger partial charge in [0.2, 0.25) is 0 Å². The van der Waals surface area contributed by atoms with Crippen molar-refractivity contribution >= 4 is 10.9 Å². The Morgan fingerprint density at radius 1 is 1.14 bits per heavy atom. The first-order valence-electron chi connectivity index (χ1n) is 7.49. The summed E-state index contributed by atoms with van der Waals surface area (Å²) in [6, 6.07) is 14.8. The number of benzene rings is 1. The number of hydrogen-bond acceptors (Lipinski definition) is 2. The Labute approximate surface area is 125 Å². The van der Waals surface area contributed by atoms with E-state index in [1.807, 2.05) is 12.1 Å². The molecule has 0 spiro atoms. The first-order valence-corrected chi connectivity index (χ1v) is 7.49. The largest absolute Gasteiger partial charge is 0.348 e. The van der Waals surface area contributed by atoms with E-state index in [0.29, 0.717) is 0 Å². The molecule has 108 valence electrons. The van der Waals surface area contributed by atoms with Gasteiger partial charge in [0, 0.05) is 23.8 Å². The van der Waals surface area contributed by atoms with Crippen LogP contribution in [0.4, 0.5) is 0 Å². The lowest BCUT2D eigenvalue weighted by molar-refractivity contribution is 0.645. The van der Waals surface area contributed by atoms with Gasteiger partial charge >= 0.3 is 0 Å². The molecule has 1 aromatic carbocycles. The lowest BCUT2D eigenvalue weighted by Crippen LogP contribution is -2.21. The van der Waals surface area contributed by atoms with Gasteiger partial charge in [-0.2, -0.15) is 0 Å². The maximum absolute atomic E-state index is 6.01. The highest BCUT2D eigenvalue weighted by Crippen LogP contribution is 2.13. The molecule has 0 saturated carbocycles. The average Bonchev–Trinajstić information content (AvgIpc) is 2.94. The van der Waals surface area contributed by atoms with Crippen LogP contribution in [-0.4, -0.2) is 15.6 Å². The smallest absolute Gasteiger partial charge is 0.0706 e. The normalized spacial score (nSPS) is 12.7. The summed E-state index contributed by atoms with van der Waals surface area (Å²) in [6.45, 7) is 2.92. The number of hydrogen-bond donors (Lipinski definition) is 1. The number of pyridine rings is 1. The summed E-state index contributed by atoms with van der Waals surface area (Å²) < 4.78 is 2.18. The van der Waals surface area contributed by atoms with Crippen LogP contribution in [0.15, 0.2) is 54.9 Å². The minimum atomic E-state index is 0.250. The maximum atomic E-state index is 6.01. The van der Waals surface area contributed by atoms with E-state index in [4.69, 9.17) is 10.7 Å². The average molecular weight is 279 g/mol. The van der Waals surface area contributed by atoms with Crippen molar-refractivity contribution in [2.45, 2.75) is 32.4 Å². The zero-order valence-electron chi connectivity index (χ0n) is 12.4. The molecule has 1 unspecified atom stereocenters. The van der Waals surface area contributed by atoms with Crippen molar-refractivity contribution in [3.05, 3.63) is 66.1 Å². The zero-order valence-corrected chi connectivity index (χ0v) is 12.4. The third-order valence-electron chi connectivity index (χ3n) is 3.83. The Morgan fingerprint density at radius 2 is 2.00 bits per heavy atom. The van der Waals surface area contributed by atoms with Crippen LogP contribution in [0.25, 0.3) is 10.9 Å². The van der Waals surface area contributed by atoms with Gasteiger partial charge in [-0.25, -0.2) is 0 Å². The molecule has 0 aliphatic rings. The number of para-hydroxylation sites is 1. The molecule has 3 heteroatoms. The number of rotatable bonds is 5. The standard InChI is InChI=1S/C18H21N3/c1-2-16(19)11-14-9-10-21(12-14)13-17-8-7-15-5-3-4-6-18(15)20-17/h3-10,12,16H,2,11,13,19H2,1H3. The molecular weight excluding hydrogens is 258 g/mol. The summed E-state index contributed by atoms with van der Waals surface area (Å²) >= 11 is 0. The Hall–Kier alpha value is -2.13. The first kappa shape index (κ1) is 13.8. The fourth-order valence-corrected chi connectivity index (χ4v) is 2.54. The van der Waals surface area contributed by atoms with Gasteiger partial charge in [0.25, 0.3) is 0 Å². The van der Waals surface area contributed by atoms with E-state index in [2.05, 4.69) is 54.2 Å². The second kappa shape index (κ2) is 6.10. The SMILES string of the molecule is CCC(N)Cc1ccn(Cc2ccc3ccccc3n2)c1. The molecule has 2 aromatic heterocycles. The van der Waals surface area contributed by atoms with Gasteiger partial charge in [-0.15, -0.1) is 0 Å². The van der Waals surface area contributed by atoms with Crippen LogP contribution < -0.4 is 5.73 Å². The molecule has 0 saturated heterocycles. The van der Waals surface area contributed by atoms with Gasteiger partial charge in [-0.1, -0.05) is 31.2 Å². The van der Waals surface area contributed by atoms with Crippen LogP contribution in [0.1, 0.15) is 24.6 Å². The molecule has 0 radical (unpaired) electrons. The summed E-state index contributed by atoms with van der Waals surface area (Å²) in [5, 5.41) is 1.18. The Bertz CT molecular complexity index is 730. The molecule has 0 fully saturated rings. The summed E-state index contributed by atoms with van der Waals surface area (Å²) in [5.41, 5.74) is 9.43. The quantitative estimate of drug-likeness (QED) is 0.778. The van der Waals surface area contributed by atoms with E-state index in [-0.39, 0.29) is 6.04 Å².